The molecule has 0 aliphatic carbocycles. The zero-order valence-electron chi connectivity index (χ0n) is 17.2. The van der Waals surface area contributed by atoms with Crippen molar-refractivity contribution in [2.24, 2.45) is 4.99 Å². The SMILES string of the molecule is Cc1cc(C)n(C(=Nc2c(C(C)C)cccc2C(C)C)c2ccccc2)n1. The van der Waals surface area contributed by atoms with Crippen molar-refractivity contribution in [3.05, 3.63) is 82.7 Å². The Bertz CT molecular complexity index is 921. The van der Waals surface area contributed by atoms with Gasteiger partial charge in [-0.05, 0) is 42.9 Å². The molecular formula is C24H29N3. The van der Waals surface area contributed by atoms with Crippen LogP contribution in [0.2, 0.25) is 0 Å². The van der Waals surface area contributed by atoms with Crippen molar-refractivity contribution in [1.29, 1.82) is 0 Å². The summed E-state index contributed by atoms with van der Waals surface area (Å²) in [4.78, 5) is 5.23. The standard InChI is InChI=1S/C24H29N3/c1-16(2)21-13-10-14-22(17(3)4)23(21)25-24(20-11-8-7-9-12-20)27-19(6)15-18(5)26-27/h7-17H,1-6H3. The molecule has 0 unspecified atom stereocenters. The minimum absolute atomic E-state index is 0.403. The lowest BCUT2D eigenvalue weighted by Crippen LogP contribution is -2.17. The van der Waals surface area contributed by atoms with Gasteiger partial charge in [-0.3, -0.25) is 0 Å². The van der Waals surface area contributed by atoms with Gasteiger partial charge < -0.3 is 0 Å². The molecule has 3 heteroatoms. The van der Waals surface area contributed by atoms with Gasteiger partial charge in [0.25, 0.3) is 0 Å². The summed E-state index contributed by atoms with van der Waals surface area (Å²) in [6.07, 6.45) is 0. The Morgan fingerprint density at radius 3 is 1.93 bits per heavy atom. The van der Waals surface area contributed by atoms with Crippen molar-refractivity contribution < 1.29 is 0 Å². The third kappa shape index (κ3) is 4.02. The molecule has 0 saturated heterocycles. The molecule has 3 nitrogen and oxygen atoms in total. The number of aliphatic imine (C=N–C) groups is 1. The highest BCUT2D eigenvalue weighted by molar-refractivity contribution is 6.02. The van der Waals surface area contributed by atoms with Crippen molar-refractivity contribution in [2.75, 3.05) is 0 Å². The van der Waals surface area contributed by atoms with Gasteiger partial charge in [0.05, 0.1) is 11.4 Å². The first-order chi connectivity index (χ1) is 12.9. The predicted molar refractivity (Wildman–Crippen MR) is 114 cm³/mol. The van der Waals surface area contributed by atoms with Gasteiger partial charge in [-0.15, -0.1) is 0 Å². The fourth-order valence-electron chi connectivity index (χ4n) is 3.41. The van der Waals surface area contributed by atoms with Crippen molar-refractivity contribution in [2.45, 2.75) is 53.4 Å². The normalized spacial score (nSPS) is 12.2. The van der Waals surface area contributed by atoms with Crippen molar-refractivity contribution in [1.82, 2.24) is 9.78 Å². The molecule has 1 aromatic heterocycles. The van der Waals surface area contributed by atoms with Crippen molar-refractivity contribution >= 4 is 11.5 Å². The molecule has 0 fully saturated rings. The van der Waals surface area contributed by atoms with Crippen molar-refractivity contribution in [3.8, 4) is 0 Å². The average molecular weight is 360 g/mol. The largest absolute Gasteiger partial charge is 0.228 e. The van der Waals surface area contributed by atoms with Gasteiger partial charge >= 0.3 is 0 Å². The molecule has 3 aromatic rings. The fourth-order valence-corrected chi connectivity index (χ4v) is 3.41. The number of para-hydroxylation sites is 1. The first kappa shape index (κ1) is 19.1. The second-order valence-corrected chi connectivity index (χ2v) is 7.73. The van der Waals surface area contributed by atoms with E-state index in [2.05, 4.69) is 71.0 Å². The number of hydrogen-bond donors (Lipinski definition) is 0. The van der Waals surface area contributed by atoms with Gasteiger partial charge in [0.1, 0.15) is 0 Å². The topological polar surface area (TPSA) is 30.2 Å². The molecular weight excluding hydrogens is 330 g/mol. The quantitative estimate of drug-likeness (QED) is 0.393. The van der Waals surface area contributed by atoms with E-state index in [0.29, 0.717) is 11.8 Å². The molecule has 140 valence electrons. The molecule has 0 radical (unpaired) electrons. The highest BCUT2D eigenvalue weighted by Crippen LogP contribution is 2.35. The monoisotopic (exact) mass is 359 g/mol. The Labute approximate surface area is 162 Å². The Morgan fingerprint density at radius 1 is 0.852 bits per heavy atom. The lowest BCUT2D eigenvalue weighted by atomic mass is 9.93. The first-order valence-electron chi connectivity index (χ1n) is 9.69. The van der Waals surface area contributed by atoms with Gasteiger partial charge in [0, 0.05) is 11.3 Å². The zero-order chi connectivity index (χ0) is 19.6. The Balaban J connectivity index is 2.31. The van der Waals surface area contributed by atoms with Crippen LogP contribution in [0.5, 0.6) is 0 Å². The molecule has 0 N–H and O–H groups in total. The highest BCUT2D eigenvalue weighted by atomic mass is 15.3. The number of rotatable bonds is 4. The van der Waals surface area contributed by atoms with E-state index >= 15 is 0 Å². The maximum atomic E-state index is 5.23. The van der Waals surface area contributed by atoms with E-state index in [-0.39, 0.29) is 0 Å². The Morgan fingerprint density at radius 2 is 1.44 bits per heavy atom. The first-order valence-corrected chi connectivity index (χ1v) is 9.69. The minimum atomic E-state index is 0.403. The van der Waals surface area contributed by atoms with Crippen LogP contribution in [-0.4, -0.2) is 15.6 Å². The maximum Gasteiger partial charge on any atom is 0.161 e. The van der Waals surface area contributed by atoms with Crippen LogP contribution < -0.4 is 0 Å². The van der Waals surface area contributed by atoms with Gasteiger partial charge in [-0.2, -0.15) is 5.10 Å². The molecule has 27 heavy (non-hydrogen) atoms. The van der Waals surface area contributed by atoms with E-state index in [1.54, 1.807) is 0 Å². The molecule has 0 spiro atoms. The summed E-state index contributed by atoms with van der Waals surface area (Å²) in [5, 5.41) is 4.72. The summed E-state index contributed by atoms with van der Waals surface area (Å²) in [7, 11) is 0. The van der Waals surface area contributed by atoms with E-state index in [4.69, 9.17) is 10.1 Å². The Kier molecular flexibility index (Phi) is 5.59. The van der Waals surface area contributed by atoms with Crippen LogP contribution in [0.25, 0.3) is 0 Å². The highest BCUT2D eigenvalue weighted by Gasteiger charge is 2.17. The smallest absolute Gasteiger partial charge is 0.161 e. The summed E-state index contributed by atoms with van der Waals surface area (Å²) < 4.78 is 1.96. The molecule has 0 amide bonds. The third-order valence-electron chi connectivity index (χ3n) is 4.80. The number of benzene rings is 2. The van der Waals surface area contributed by atoms with Crippen LogP contribution >= 0.6 is 0 Å². The third-order valence-corrected chi connectivity index (χ3v) is 4.80. The van der Waals surface area contributed by atoms with Gasteiger partial charge in [0.15, 0.2) is 5.84 Å². The molecule has 3 rings (SSSR count). The number of hydrogen-bond acceptors (Lipinski definition) is 2. The summed E-state index contributed by atoms with van der Waals surface area (Å²) in [6.45, 7) is 13.0. The predicted octanol–water partition coefficient (Wildman–Crippen LogP) is 6.37. The second-order valence-electron chi connectivity index (χ2n) is 7.73. The summed E-state index contributed by atoms with van der Waals surface area (Å²) >= 11 is 0. The van der Waals surface area contributed by atoms with E-state index < -0.39 is 0 Å². The lowest BCUT2D eigenvalue weighted by Gasteiger charge is -2.18. The van der Waals surface area contributed by atoms with E-state index in [1.165, 1.54) is 11.1 Å². The average Bonchev–Trinajstić information content (AvgIpc) is 2.97. The van der Waals surface area contributed by atoms with E-state index in [9.17, 15) is 0 Å². The fraction of sp³-hybridized carbons (Fsp3) is 0.333. The number of aryl methyl sites for hydroxylation is 2. The molecule has 0 saturated carbocycles. The zero-order valence-corrected chi connectivity index (χ0v) is 17.2. The van der Waals surface area contributed by atoms with Gasteiger partial charge in [-0.25, -0.2) is 9.67 Å². The molecule has 2 aromatic carbocycles. The van der Waals surface area contributed by atoms with Crippen LogP contribution in [0.15, 0.2) is 59.6 Å². The van der Waals surface area contributed by atoms with Crippen LogP contribution in [0.4, 0.5) is 5.69 Å². The molecule has 1 heterocycles. The van der Waals surface area contributed by atoms with Gasteiger partial charge in [-0.1, -0.05) is 76.2 Å². The second kappa shape index (κ2) is 7.91. The van der Waals surface area contributed by atoms with Crippen LogP contribution in [0, 0.1) is 13.8 Å². The van der Waals surface area contributed by atoms with E-state index in [1.807, 2.05) is 29.8 Å². The maximum absolute atomic E-state index is 5.23. The summed E-state index contributed by atoms with van der Waals surface area (Å²) in [6, 6.07) is 19.0. The summed E-state index contributed by atoms with van der Waals surface area (Å²) in [5.74, 6) is 1.68. The van der Waals surface area contributed by atoms with Crippen LogP contribution in [0.1, 0.15) is 67.6 Å². The van der Waals surface area contributed by atoms with Crippen molar-refractivity contribution in [3.63, 3.8) is 0 Å². The minimum Gasteiger partial charge on any atom is -0.228 e. The number of aromatic nitrogens is 2. The molecule has 0 bridgehead atoms. The summed E-state index contributed by atoms with van der Waals surface area (Å²) in [5.41, 5.74) is 6.78. The van der Waals surface area contributed by atoms with Crippen LogP contribution in [0.3, 0.4) is 0 Å². The molecule has 0 aliphatic heterocycles. The Hall–Kier alpha value is -2.68. The van der Waals surface area contributed by atoms with Crippen LogP contribution in [-0.2, 0) is 0 Å². The van der Waals surface area contributed by atoms with E-state index in [0.717, 1.165) is 28.5 Å². The molecule has 0 aliphatic rings. The van der Waals surface area contributed by atoms with Gasteiger partial charge in [0.2, 0.25) is 0 Å². The number of nitrogens with zero attached hydrogens (tertiary/aromatic N) is 3. The lowest BCUT2D eigenvalue weighted by molar-refractivity contribution is 0.830. The molecule has 0 atom stereocenters.